The number of hydrogen-bond acceptors (Lipinski definition) is 4. The summed E-state index contributed by atoms with van der Waals surface area (Å²) in [5.41, 5.74) is -0.254. The highest BCUT2D eigenvalue weighted by molar-refractivity contribution is 5.79. The van der Waals surface area contributed by atoms with E-state index >= 15 is 0 Å². The Morgan fingerprint density at radius 3 is 2.68 bits per heavy atom. The second kappa shape index (κ2) is 4.15. The largest absolute Gasteiger partial charge is 0.479 e. The van der Waals surface area contributed by atoms with Gasteiger partial charge >= 0.3 is 5.97 Å². The molecular formula is C13H14N4O2. The van der Waals surface area contributed by atoms with Crippen molar-refractivity contribution in [2.24, 2.45) is 0 Å². The van der Waals surface area contributed by atoms with Gasteiger partial charge in [0.05, 0.1) is 0 Å². The first-order valence-electron chi connectivity index (χ1n) is 6.22. The molecule has 0 amide bonds. The third kappa shape index (κ3) is 1.63. The summed E-state index contributed by atoms with van der Waals surface area (Å²) in [5.74, 6) is 0.321. The van der Waals surface area contributed by atoms with Crippen molar-refractivity contribution in [2.75, 3.05) is 0 Å². The Labute approximate surface area is 110 Å². The van der Waals surface area contributed by atoms with Gasteiger partial charge in [-0.15, -0.1) is 10.2 Å². The molecule has 1 aliphatic rings. The predicted octanol–water partition coefficient (Wildman–Crippen LogP) is 1.61. The molecule has 0 atom stereocenters. The summed E-state index contributed by atoms with van der Waals surface area (Å²) in [5, 5.41) is 17.7. The molecule has 0 aliphatic heterocycles. The number of hydrogen-bond donors (Lipinski definition) is 1. The van der Waals surface area contributed by atoms with Gasteiger partial charge < -0.3 is 5.11 Å². The first-order chi connectivity index (χ1) is 9.15. The Hall–Kier alpha value is -2.24. The van der Waals surface area contributed by atoms with Gasteiger partial charge in [-0.3, -0.25) is 9.55 Å². The molecule has 0 aromatic carbocycles. The van der Waals surface area contributed by atoms with Crippen LogP contribution in [0, 0.1) is 6.92 Å². The van der Waals surface area contributed by atoms with E-state index in [1.165, 1.54) is 0 Å². The Bertz CT molecular complexity index is 617. The first-order valence-corrected chi connectivity index (χ1v) is 6.22. The Balaban J connectivity index is 2.17. The van der Waals surface area contributed by atoms with E-state index in [4.69, 9.17) is 0 Å². The van der Waals surface area contributed by atoms with Gasteiger partial charge in [-0.1, -0.05) is 6.07 Å². The molecule has 0 saturated heterocycles. The molecule has 1 N–H and O–H groups in total. The van der Waals surface area contributed by atoms with Crippen LogP contribution in [0.1, 0.15) is 25.1 Å². The molecule has 1 fully saturated rings. The van der Waals surface area contributed by atoms with Crippen LogP contribution >= 0.6 is 0 Å². The average Bonchev–Trinajstić information content (AvgIpc) is 2.72. The molecule has 0 unspecified atom stereocenters. The number of aliphatic carboxylic acids is 1. The van der Waals surface area contributed by atoms with Gasteiger partial charge in [-0.25, -0.2) is 4.79 Å². The van der Waals surface area contributed by atoms with E-state index in [0.717, 1.165) is 6.42 Å². The number of carboxylic acids is 1. The summed E-state index contributed by atoms with van der Waals surface area (Å²) in [6.07, 6.45) is 3.80. The van der Waals surface area contributed by atoms with Crippen LogP contribution in [0.3, 0.4) is 0 Å². The van der Waals surface area contributed by atoms with Gasteiger partial charge in [0, 0.05) is 6.20 Å². The van der Waals surface area contributed by atoms with E-state index in [1.807, 2.05) is 18.2 Å². The molecule has 2 aromatic rings. The van der Waals surface area contributed by atoms with E-state index in [1.54, 1.807) is 17.7 Å². The quantitative estimate of drug-likeness (QED) is 0.904. The second-order valence-electron chi connectivity index (χ2n) is 4.81. The number of nitrogens with zero attached hydrogens (tertiary/aromatic N) is 4. The maximum absolute atomic E-state index is 11.6. The maximum Gasteiger partial charge on any atom is 0.330 e. The predicted molar refractivity (Wildman–Crippen MR) is 67.5 cm³/mol. The normalized spacial score (nSPS) is 16.9. The van der Waals surface area contributed by atoms with Gasteiger partial charge in [0.25, 0.3) is 0 Å². The Kier molecular flexibility index (Phi) is 2.58. The lowest BCUT2D eigenvalue weighted by Crippen LogP contribution is -2.48. The van der Waals surface area contributed by atoms with Gasteiger partial charge in [0.1, 0.15) is 17.1 Å². The minimum atomic E-state index is -0.902. The molecule has 19 heavy (non-hydrogen) atoms. The van der Waals surface area contributed by atoms with E-state index in [-0.39, 0.29) is 0 Å². The zero-order valence-corrected chi connectivity index (χ0v) is 10.6. The van der Waals surface area contributed by atoms with Crippen molar-refractivity contribution in [3.8, 4) is 11.5 Å². The molecule has 1 saturated carbocycles. The fraction of sp³-hybridized carbons (Fsp3) is 0.385. The average molecular weight is 258 g/mol. The molecule has 2 heterocycles. The SMILES string of the molecule is Cc1nnc(-c2ccccn2)n1C1(C(=O)O)CCC1. The minimum Gasteiger partial charge on any atom is -0.479 e. The highest BCUT2D eigenvalue weighted by Gasteiger charge is 2.48. The maximum atomic E-state index is 11.6. The summed E-state index contributed by atoms with van der Waals surface area (Å²) in [6, 6.07) is 5.48. The fourth-order valence-electron chi connectivity index (χ4n) is 2.58. The summed E-state index contributed by atoms with van der Waals surface area (Å²) in [6.45, 7) is 1.78. The van der Waals surface area contributed by atoms with Crippen LogP contribution in [0.2, 0.25) is 0 Å². The van der Waals surface area contributed by atoms with Crippen molar-refractivity contribution in [1.82, 2.24) is 19.7 Å². The zero-order chi connectivity index (χ0) is 13.5. The van der Waals surface area contributed by atoms with Crippen molar-refractivity contribution in [2.45, 2.75) is 31.7 Å². The lowest BCUT2D eigenvalue weighted by molar-refractivity contribution is -0.152. The highest BCUT2D eigenvalue weighted by Crippen LogP contribution is 2.42. The molecule has 98 valence electrons. The number of pyridine rings is 1. The summed E-state index contributed by atoms with van der Waals surface area (Å²) in [7, 11) is 0. The number of carbonyl (C=O) groups is 1. The molecular weight excluding hydrogens is 244 g/mol. The summed E-state index contributed by atoms with van der Waals surface area (Å²) >= 11 is 0. The second-order valence-corrected chi connectivity index (χ2v) is 4.81. The first kappa shape index (κ1) is 11.8. The smallest absolute Gasteiger partial charge is 0.330 e. The third-order valence-electron chi connectivity index (χ3n) is 3.73. The molecule has 0 bridgehead atoms. The van der Waals surface area contributed by atoms with Crippen LogP contribution in [0.5, 0.6) is 0 Å². The summed E-state index contributed by atoms with van der Waals surface area (Å²) in [4.78, 5) is 15.9. The lowest BCUT2D eigenvalue weighted by atomic mass is 9.76. The Morgan fingerprint density at radius 1 is 1.37 bits per heavy atom. The monoisotopic (exact) mass is 258 g/mol. The van der Waals surface area contributed by atoms with Crippen molar-refractivity contribution in [3.05, 3.63) is 30.2 Å². The van der Waals surface area contributed by atoms with E-state index in [2.05, 4.69) is 15.2 Å². The highest BCUT2D eigenvalue weighted by atomic mass is 16.4. The van der Waals surface area contributed by atoms with Crippen molar-refractivity contribution in [1.29, 1.82) is 0 Å². The van der Waals surface area contributed by atoms with Crippen molar-refractivity contribution < 1.29 is 9.90 Å². The van der Waals surface area contributed by atoms with Gasteiger partial charge in [-0.2, -0.15) is 0 Å². The van der Waals surface area contributed by atoms with Crippen LogP contribution < -0.4 is 0 Å². The molecule has 0 spiro atoms. The molecule has 2 aromatic heterocycles. The standard InChI is InChI=1S/C13H14N4O2/c1-9-15-16-11(10-5-2-3-8-14-10)17(9)13(12(18)19)6-4-7-13/h2-3,5,8H,4,6-7H2,1H3,(H,18,19). The topological polar surface area (TPSA) is 80.9 Å². The molecule has 0 radical (unpaired) electrons. The van der Waals surface area contributed by atoms with Gasteiger partial charge in [0.2, 0.25) is 0 Å². The zero-order valence-electron chi connectivity index (χ0n) is 10.6. The van der Waals surface area contributed by atoms with Gasteiger partial charge in [-0.05, 0) is 38.3 Å². The minimum absolute atomic E-state index is 0.528. The van der Waals surface area contributed by atoms with Crippen LogP contribution in [0.15, 0.2) is 24.4 Å². The fourth-order valence-corrected chi connectivity index (χ4v) is 2.58. The number of aromatic nitrogens is 4. The number of carboxylic acid groups (broad SMARTS) is 1. The Morgan fingerprint density at radius 2 is 2.16 bits per heavy atom. The molecule has 6 heteroatoms. The molecule has 6 nitrogen and oxygen atoms in total. The van der Waals surface area contributed by atoms with Crippen LogP contribution in [-0.4, -0.2) is 30.8 Å². The van der Waals surface area contributed by atoms with E-state index < -0.39 is 11.5 Å². The van der Waals surface area contributed by atoms with E-state index in [9.17, 15) is 9.90 Å². The third-order valence-corrected chi connectivity index (χ3v) is 3.73. The number of aryl methyl sites for hydroxylation is 1. The van der Waals surface area contributed by atoms with Gasteiger partial charge in [0.15, 0.2) is 5.82 Å². The lowest BCUT2D eigenvalue weighted by Gasteiger charge is -2.39. The molecule has 3 rings (SSSR count). The van der Waals surface area contributed by atoms with Crippen LogP contribution in [-0.2, 0) is 10.3 Å². The van der Waals surface area contributed by atoms with Crippen molar-refractivity contribution >= 4 is 5.97 Å². The molecule has 1 aliphatic carbocycles. The van der Waals surface area contributed by atoms with E-state index in [0.29, 0.717) is 30.2 Å². The van der Waals surface area contributed by atoms with Crippen LogP contribution in [0.4, 0.5) is 0 Å². The number of rotatable bonds is 3. The van der Waals surface area contributed by atoms with Crippen LogP contribution in [0.25, 0.3) is 11.5 Å². The summed E-state index contributed by atoms with van der Waals surface area (Å²) < 4.78 is 1.72. The van der Waals surface area contributed by atoms with Crippen molar-refractivity contribution in [3.63, 3.8) is 0 Å².